The highest BCUT2D eigenvalue weighted by molar-refractivity contribution is 5.46. The largest absolute Gasteiger partial charge is 0.264 e. The second-order valence-electron chi connectivity index (χ2n) is 2.48. The summed E-state index contributed by atoms with van der Waals surface area (Å²) < 4.78 is 0. The van der Waals surface area contributed by atoms with Gasteiger partial charge < -0.3 is 0 Å². The Labute approximate surface area is 67.8 Å². The first-order valence-electron chi connectivity index (χ1n) is 4.00. The van der Waals surface area contributed by atoms with Gasteiger partial charge in [-0.25, -0.2) is 0 Å². The first-order valence-corrected chi connectivity index (χ1v) is 4.00. The predicted molar refractivity (Wildman–Crippen MR) is 48.2 cm³/mol. The zero-order valence-electron chi connectivity index (χ0n) is 6.83. The van der Waals surface area contributed by atoms with Crippen molar-refractivity contribution in [3.63, 3.8) is 0 Å². The Morgan fingerprint density at radius 2 is 2.45 bits per heavy atom. The molecule has 0 bridgehead atoms. The summed E-state index contributed by atoms with van der Waals surface area (Å²) in [5, 5.41) is 0. The van der Waals surface area contributed by atoms with Crippen LogP contribution in [0.5, 0.6) is 0 Å². The minimum atomic E-state index is 1.15. The topological polar surface area (TPSA) is 12.9 Å². The van der Waals surface area contributed by atoms with Crippen LogP contribution in [0.15, 0.2) is 30.6 Å². The van der Waals surface area contributed by atoms with E-state index >= 15 is 0 Å². The molecule has 0 aliphatic heterocycles. The number of aromatic nitrogens is 1. The summed E-state index contributed by atoms with van der Waals surface area (Å²) in [5.41, 5.74) is 1.18. The van der Waals surface area contributed by atoms with Crippen LogP contribution in [0.1, 0.15) is 25.3 Å². The highest BCUT2D eigenvalue weighted by Crippen LogP contribution is 2.00. The normalized spacial score (nSPS) is 10.6. The maximum Gasteiger partial charge on any atom is 0.0340 e. The molecule has 1 aromatic rings. The van der Waals surface area contributed by atoms with Gasteiger partial charge in [-0.1, -0.05) is 31.6 Å². The minimum absolute atomic E-state index is 1.15. The second kappa shape index (κ2) is 4.67. The number of hydrogen-bond acceptors (Lipinski definition) is 1. The lowest BCUT2D eigenvalue weighted by molar-refractivity contribution is 0.962. The molecule has 0 saturated carbocycles. The molecule has 1 aromatic heterocycles. The lowest BCUT2D eigenvalue weighted by atomic mass is 10.2. The van der Waals surface area contributed by atoms with E-state index in [1.807, 2.05) is 12.3 Å². The molecule has 0 N–H and O–H groups in total. The molecule has 0 unspecified atom stereocenters. The molecular formula is C10H13N. The van der Waals surface area contributed by atoms with Crippen molar-refractivity contribution in [3.05, 3.63) is 36.2 Å². The Morgan fingerprint density at radius 1 is 1.55 bits per heavy atom. The van der Waals surface area contributed by atoms with E-state index in [2.05, 4.69) is 30.1 Å². The quantitative estimate of drug-likeness (QED) is 0.640. The van der Waals surface area contributed by atoms with Gasteiger partial charge in [0.25, 0.3) is 0 Å². The van der Waals surface area contributed by atoms with Gasteiger partial charge in [0.05, 0.1) is 0 Å². The highest BCUT2D eigenvalue weighted by atomic mass is 14.6. The van der Waals surface area contributed by atoms with Crippen LogP contribution in [-0.2, 0) is 0 Å². The number of nitrogens with zero attached hydrogens (tertiary/aromatic N) is 1. The third kappa shape index (κ3) is 2.99. The van der Waals surface area contributed by atoms with E-state index < -0.39 is 0 Å². The van der Waals surface area contributed by atoms with Gasteiger partial charge in [-0.2, -0.15) is 0 Å². The molecule has 0 atom stereocenters. The van der Waals surface area contributed by atoms with Crippen molar-refractivity contribution in [2.24, 2.45) is 0 Å². The number of unbranched alkanes of at least 4 members (excludes halogenated alkanes) is 1. The fraction of sp³-hybridized carbons (Fsp3) is 0.300. The van der Waals surface area contributed by atoms with E-state index in [1.54, 1.807) is 6.20 Å². The Hall–Kier alpha value is -1.11. The van der Waals surface area contributed by atoms with E-state index in [9.17, 15) is 0 Å². The minimum Gasteiger partial charge on any atom is -0.264 e. The second-order valence-corrected chi connectivity index (χ2v) is 2.48. The molecule has 0 spiro atoms. The van der Waals surface area contributed by atoms with Crippen molar-refractivity contribution in [3.8, 4) is 0 Å². The van der Waals surface area contributed by atoms with Gasteiger partial charge in [0.2, 0.25) is 0 Å². The molecule has 0 amide bonds. The van der Waals surface area contributed by atoms with Crippen molar-refractivity contribution in [2.45, 2.75) is 19.8 Å². The van der Waals surface area contributed by atoms with Crippen LogP contribution in [-0.4, -0.2) is 4.98 Å². The molecule has 1 heteroatoms. The van der Waals surface area contributed by atoms with Gasteiger partial charge in [0.1, 0.15) is 0 Å². The van der Waals surface area contributed by atoms with Crippen LogP contribution < -0.4 is 0 Å². The van der Waals surface area contributed by atoms with Crippen LogP contribution in [0, 0.1) is 0 Å². The molecule has 11 heavy (non-hydrogen) atoms. The van der Waals surface area contributed by atoms with E-state index in [4.69, 9.17) is 0 Å². The fourth-order valence-electron chi connectivity index (χ4n) is 0.861. The summed E-state index contributed by atoms with van der Waals surface area (Å²) in [6.45, 7) is 2.17. The summed E-state index contributed by atoms with van der Waals surface area (Å²) in [5.74, 6) is 0. The van der Waals surface area contributed by atoms with Crippen LogP contribution >= 0.6 is 0 Å². The van der Waals surface area contributed by atoms with Crippen LogP contribution in [0.25, 0.3) is 6.08 Å². The van der Waals surface area contributed by atoms with Crippen LogP contribution in [0.2, 0.25) is 0 Å². The van der Waals surface area contributed by atoms with Crippen molar-refractivity contribution in [2.75, 3.05) is 0 Å². The van der Waals surface area contributed by atoms with E-state index in [0.717, 1.165) is 6.42 Å². The lowest BCUT2D eigenvalue weighted by Gasteiger charge is -1.89. The zero-order valence-corrected chi connectivity index (χ0v) is 6.83. The maximum absolute atomic E-state index is 4.01. The van der Waals surface area contributed by atoms with Gasteiger partial charge in [0.15, 0.2) is 0 Å². The van der Waals surface area contributed by atoms with E-state index in [1.165, 1.54) is 12.0 Å². The standard InChI is InChI=1S/C10H13N/c1-2-3-4-6-10-7-5-8-11-9-10/h4-9H,2-3H2,1H3/b6-4+. The number of pyridine rings is 1. The van der Waals surface area contributed by atoms with E-state index in [-0.39, 0.29) is 0 Å². The molecule has 0 radical (unpaired) electrons. The third-order valence-corrected chi connectivity index (χ3v) is 1.45. The average molecular weight is 147 g/mol. The number of rotatable bonds is 3. The highest BCUT2D eigenvalue weighted by Gasteiger charge is 1.81. The lowest BCUT2D eigenvalue weighted by Crippen LogP contribution is -1.72. The molecule has 0 aliphatic carbocycles. The molecule has 58 valence electrons. The molecule has 1 heterocycles. The van der Waals surface area contributed by atoms with Crippen molar-refractivity contribution in [1.82, 2.24) is 4.98 Å². The van der Waals surface area contributed by atoms with Gasteiger partial charge in [-0.05, 0) is 18.1 Å². The Balaban J connectivity index is 2.50. The van der Waals surface area contributed by atoms with Crippen LogP contribution in [0.4, 0.5) is 0 Å². The SMILES string of the molecule is CCC/C=C/c1cccnc1. The molecule has 0 aliphatic rings. The molecule has 0 aromatic carbocycles. The summed E-state index contributed by atoms with van der Waals surface area (Å²) in [6.07, 6.45) is 10.3. The fourth-order valence-corrected chi connectivity index (χ4v) is 0.861. The number of hydrogen-bond donors (Lipinski definition) is 0. The van der Waals surface area contributed by atoms with Crippen molar-refractivity contribution < 1.29 is 0 Å². The van der Waals surface area contributed by atoms with Crippen molar-refractivity contribution >= 4 is 6.08 Å². The predicted octanol–water partition coefficient (Wildman–Crippen LogP) is 2.89. The van der Waals surface area contributed by atoms with Gasteiger partial charge in [-0.3, -0.25) is 4.98 Å². The molecule has 0 saturated heterocycles. The molecule has 0 fully saturated rings. The first-order chi connectivity index (χ1) is 5.43. The average Bonchev–Trinajstić information content (AvgIpc) is 2.07. The monoisotopic (exact) mass is 147 g/mol. The smallest absolute Gasteiger partial charge is 0.0340 e. The summed E-state index contributed by atoms with van der Waals surface area (Å²) in [7, 11) is 0. The zero-order chi connectivity index (χ0) is 7.94. The Kier molecular flexibility index (Phi) is 3.39. The molecule has 1 rings (SSSR count). The van der Waals surface area contributed by atoms with Gasteiger partial charge >= 0.3 is 0 Å². The molecule has 1 nitrogen and oxygen atoms in total. The van der Waals surface area contributed by atoms with Gasteiger partial charge in [-0.15, -0.1) is 0 Å². The Morgan fingerprint density at radius 3 is 3.09 bits per heavy atom. The van der Waals surface area contributed by atoms with Gasteiger partial charge in [0, 0.05) is 12.4 Å². The van der Waals surface area contributed by atoms with Crippen molar-refractivity contribution in [1.29, 1.82) is 0 Å². The summed E-state index contributed by atoms with van der Waals surface area (Å²) in [4.78, 5) is 4.01. The van der Waals surface area contributed by atoms with E-state index in [0.29, 0.717) is 0 Å². The van der Waals surface area contributed by atoms with Crippen LogP contribution in [0.3, 0.4) is 0 Å². The third-order valence-electron chi connectivity index (χ3n) is 1.45. The number of allylic oxidation sites excluding steroid dienone is 1. The first kappa shape index (κ1) is 7.99. The molecular weight excluding hydrogens is 134 g/mol. The maximum atomic E-state index is 4.01. The Bertz CT molecular complexity index is 214. The summed E-state index contributed by atoms with van der Waals surface area (Å²) in [6, 6.07) is 4.00. The summed E-state index contributed by atoms with van der Waals surface area (Å²) >= 11 is 0.